The van der Waals surface area contributed by atoms with Crippen LogP contribution in [0.4, 0.5) is 0 Å². The third-order valence-corrected chi connectivity index (χ3v) is 8.52. The van der Waals surface area contributed by atoms with Crippen LogP contribution in [-0.2, 0) is 6.42 Å². The fourth-order valence-electron chi connectivity index (χ4n) is 6.10. The topological polar surface area (TPSA) is 52.0 Å². The Hall–Kier alpha value is -2.49. The largest absolute Gasteiger partial charge is 0.710 e. The molecule has 5 rings (SSSR count). The number of hydrogen-bond acceptors (Lipinski definition) is 2. The van der Waals surface area contributed by atoms with Gasteiger partial charge in [0.15, 0.2) is 0 Å². The summed E-state index contributed by atoms with van der Waals surface area (Å²) in [5, 5.41) is 13.6. The SMILES string of the molecule is Cc1cc(-c2cc(CCC3CCC3)ccc2OC2CCC(C)CC2C(C)C)c2cc[nH]c2[n+]1[O-]. The number of H-pyrrole nitrogens is 1. The molecule has 2 aliphatic carbocycles. The van der Waals surface area contributed by atoms with Gasteiger partial charge < -0.3 is 9.94 Å². The van der Waals surface area contributed by atoms with Crippen LogP contribution in [0.25, 0.3) is 22.2 Å². The summed E-state index contributed by atoms with van der Waals surface area (Å²) in [7, 11) is 0. The number of fused-ring (bicyclic) bond motifs is 1. The first kappa shape index (κ1) is 23.3. The minimum atomic E-state index is 0.242. The predicted molar refractivity (Wildman–Crippen MR) is 139 cm³/mol. The molecule has 0 bridgehead atoms. The third kappa shape index (κ3) is 4.56. The van der Waals surface area contributed by atoms with E-state index in [-0.39, 0.29) is 6.10 Å². The molecule has 2 saturated carbocycles. The summed E-state index contributed by atoms with van der Waals surface area (Å²) in [4.78, 5) is 3.15. The van der Waals surface area contributed by atoms with Crippen molar-refractivity contribution in [3.8, 4) is 16.9 Å². The number of rotatable bonds is 7. The summed E-state index contributed by atoms with van der Waals surface area (Å²) < 4.78 is 7.87. The van der Waals surface area contributed by atoms with E-state index in [9.17, 15) is 5.21 Å². The molecule has 0 saturated heterocycles. The van der Waals surface area contributed by atoms with Crippen LogP contribution in [0.3, 0.4) is 0 Å². The van der Waals surface area contributed by atoms with Crippen LogP contribution in [-0.4, -0.2) is 11.1 Å². The third-order valence-electron chi connectivity index (χ3n) is 8.52. The maximum Gasteiger partial charge on any atom is 0.290 e. The molecule has 4 heteroatoms. The van der Waals surface area contributed by atoms with Gasteiger partial charge in [-0.15, -0.1) is 0 Å². The average molecular weight is 461 g/mol. The standard InChI is InChI=1S/C30H40N2O2/c1-19(2)25-16-20(3)8-12-28(25)34-29-13-11-23(10-9-22-6-5-7-22)18-27(29)26-17-21(4)32(33)30-24(26)14-15-31-30/h11,13-15,17-20,22,25,28,31H,5-10,12,16H2,1-4H3. The van der Waals surface area contributed by atoms with Gasteiger partial charge in [-0.2, -0.15) is 0 Å². The Balaban J connectivity index is 1.54. The quantitative estimate of drug-likeness (QED) is 0.296. The van der Waals surface area contributed by atoms with Gasteiger partial charge in [-0.1, -0.05) is 46.1 Å². The van der Waals surface area contributed by atoms with Crippen LogP contribution < -0.4 is 9.47 Å². The Bertz CT molecular complexity index is 1140. The van der Waals surface area contributed by atoms with E-state index in [1.54, 1.807) is 0 Å². The summed E-state index contributed by atoms with van der Waals surface area (Å²) >= 11 is 0. The van der Waals surface area contributed by atoms with Crippen LogP contribution in [0.5, 0.6) is 5.75 Å². The first-order valence-corrected chi connectivity index (χ1v) is 13.4. The molecule has 2 aliphatic rings. The lowest BCUT2D eigenvalue weighted by Crippen LogP contribution is -2.36. The lowest BCUT2D eigenvalue weighted by Gasteiger charge is -2.37. The first-order valence-electron chi connectivity index (χ1n) is 13.4. The fraction of sp³-hybridized carbons (Fsp3) is 0.567. The van der Waals surface area contributed by atoms with Crippen LogP contribution in [0, 0.1) is 35.8 Å². The van der Waals surface area contributed by atoms with E-state index in [2.05, 4.69) is 44.0 Å². The minimum absolute atomic E-state index is 0.242. The van der Waals surface area contributed by atoms with Crippen molar-refractivity contribution in [2.45, 2.75) is 85.2 Å². The Morgan fingerprint density at radius 2 is 1.91 bits per heavy atom. The molecule has 34 heavy (non-hydrogen) atoms. The van der Waals surface area contributed by atoms with E-state index >= 15 is 0 Å². The molecule has 2 fully saturated rings. The number of hydrogen-bond donors (Lipinski definition) is 1. The van der Waals surface area contributed by atoms with Gasteiger partial charge in [0.25, 0.3) is 5.65 Å². The first-order chi connectivity index (χ1) is 16.4. The zero-order valence-corrected chi connectivity index (χ0v) is 21.3. The lowest BCUT2D eigenvalue weighted by atomic mass is 9.75. The molecule has 182 valence electrons. The lowest BCUT2D eigenvalue weighted by molar-refractivity contribution is -0.586. The number of pyridine rings is 1. The summed E-state index contributed by atoms with van der Waals surface area (Å²) in [6.07, 6.45) is 12.2. The van der Waals surface area contributed by atoms with Crippen molar-refractivity contribution < 1.29 is 9.47 Å². The number of ether oxygens (including phenoxy) is 1. The van der Waals surface area contributed by atoms with E-state index < -0.39 is 0 Å². The molecule has 2 heterocycles. The molecule has 3 unspecified atom stereocenters. The highest BCUT2D eigenvalue weighted by molar-refractivity contribution is 5.93. The zero-order chi connectivity index (χ0) is 23.8. The van der Waals surface area contributed by atoms with Crippen molar-refractivity contribution in [2.24, 2.45) is 23.7 Å². The summed E-state index contributed by atoms with van der Waals surface area (Å²) in [5.41, 5.74) is 4.90. The van der Waals surface area contributed by atoms with E-state index in [1.807, 2.05) is 25.3 Å². The highest BCUT2D eigenvalue weighted by Crippen LogP contribution is 2.41. The van der Waals surface area contributed by atoms with Crippen molar-refractivity contribution in [2.75, 3.05) is 0 Å². The smallest absolute Gasteiger partial charge is 0.290 e. The molecule has 1 N–H and O–H groups in total. The van der Waals surface area contributed by atoms with Crippen LogP contribution >= 0.6 is 0 Å². The Labute approximate surface area is 204 Å². The Kier molecular flexibility index (Phi) is 6.59. The van der Waals surface area contributed by atoms with Gasteiger partial charge in [-0.25, -0.2) is 9.71 Å². The molecular formula is C30H40N2O2. The molecular weight excluding hydrogens is 420 g/mol. The van der Waals surface area contributed by atoms with Crippen molar-refractivity contribution in [1.29, 1.82) is 0 Å². The van der Waals surface area contributed by atoms with Gasteiger partial charge in [-0.05, 0) is 92.5 Å². The molecule has 0 spiro atoms. The zero-order valence-electron chi connectivity index (χ0n) is 21.3. The van der Waals surface area contributed by atoms with Gasteiger partial charge in [0.05, 0.1) is 11.6 Å². The van der Waals surface area contributed by atoms with Crippen molar-refractivity contribution in [1.82, 2.24) is 4.98 Å². The minimum Gasteiger partial charge on any atom is -0.710 e. The molecule has 0 radical (unpaired) electrons. The van der Waals surface area contributed by atoms with Crippen LogP contribution in [0.15, 0.2) is 36.5 Å². The van der Waals surface area contributed by atoms with Crippen LogP contribution in [0.1, 0.15) is 77.0 Å². The summed E-state index contributed by atoms with van der Waals surface area (Å²) in [6.45, 7) is 8.93. The van der Waals surface area contributed by atoms with E-state index in [0.717, 1.165) is 51.7 Å². The molecule has 2 aromatic heterocycles. The maximum absolute atomic E-state index is 12.7. The highest BCUT2D eigenvalue weighted by Gasteiger charge is 2.33. The van der Waals surface area contributed by atoms with Gasteiger partial charge in [0.1, 0.15) is 17.5 Å². The molecule has 3 atom stereocenters. The van der Waals surface area contributed by atoms with Crippen molar-refractivity contribution in [3.63, 3.8) is 0 Å². The maximum atomic E-state index is 12.7. The monoisotopic (exact) mass is 460 g/mol. The second-order valence-electron chi connectivity index (χ2n) is 11.4. The molecule has 0 amide bonds. The Morgan fingerprint density at radius 3 is 2.65 bits per heavy atom. The summed E-state index contributed by atoms with van der Waals surface area (Å²) in [5.74, 6) is 3.80. The van der Waals surface area contributed by atoms with Crippen molar-refractivity contribution >= 4 is 11.0 Å². The fourth-order valence-corrected chi connectivity index (χ4v) is 6.10. The number of nitrogens with one attached hydrogen (secondary N) is 1. The summed E-state index contributed by atoms with van der Waals surface area (Å²) in [6, 6.07) is 10.9. The molecule has 0 aliphatic heterocycles. The number of aromatic nitrogens is 2. The van der Waals surface area contributed by atoms with Gasteiger partial charge in [-0.3, -0.25) is 0 Å². The number of aromatic amines is 1. The Morgan fingerprint density at radius 1 is 1.09 bits per heavy atom. The highest BCUT2D eigenvalue weighted by atomic mass is 16.5. The number of benzene rings is 1. The second-order valence-corrected chi connectivity index (χ2v) is 11.4. The number of aryl methyl sites for hydroxylation is 2. The van der Waals surface area contributed by atoms with Crippen LogP contribution in [0.2, 0.25) is 0 Å². The van der Waals surface area contributed by atoms with E-state index in [1.165, 1.54) is 44.1 Å². The van der Waals surface area contributed by atoms with Gasteiger partial charge >= 0.3 is 0 Å². The number of nitrogens with zero attached hydrogens (tertiary/aromatic N) is 1. The second kappa shape index (κ2) is 9.64. The van der Waals surface area contributed by atoms with Gasteiger partial charge in [0, 0.05) is 11.1 Å². The molecule has 1 aromatic carbocycles. The molecule has 4 nitrogen and oxygen atoms in total. The predicted octanol–water partition coefficient (Wildman–Crippen LogP) is 7.35. The normalized spacial score (nSPS) is 23.4. The van der Waals surface area contributed by atoms with Gasteiger partial charge in [0.2, 0.25) is 0 Å². The van der Waals surface area contributed by atoms with E-state index in [0.29, 0.717) is 23.2 Å². The average Bonchev–Trinajstić information content (AvgIpc) is 3.27. The molecule has 3 aromatic rings. The van der Waals surface area contributed by atoms with Crippen molar-refractivity contribution in [3.05, 3.63) is 53.0 Å². The van der Waals surface area contributed by atoms with E-state index in [4.69, 9.17) is 4.74 Å².